The van der Waals surface area contributed by atoms with Gasteiger partial charge in [-0.2, -0.15) is 0 Å². The predicted octanol–water partition coefficient (Wildman–Crippen LogP) is 2.25. The number of likely N-dealkylation sites (N-methyl/N-ethyl adjacent to an activating group) is 1. The van der Waals surface area contributed by atoms with Gasteiger partial charge in [-0.05, 0) is 38.1 Å². The van der Waals surface area contributed by atoms with Crippen LogP contribution < -0.4 is 10.6 Å². The fourth-order valence-electron chi connectivity index (χ4n) is 2.56. The topological polar surface area (TPSA) is 32.5 Å². The minimum Gasteiger partial charge on any atom is -0.397 e. The maximum absolute atomic E-state index is 13.4. The van der Waals surface area contributed by atoms with Gasteiger partial charge < -0.3 is 10.6 Å². The fraction of sp³-hybridized carbons (Fsp3) is 0.571. The van der Waals surface area contributed by atoms with E-state index in [-0.39, 0.29) is 5.82 Å². The summed E-state index contributed by atoms with van der Waals surface area (Å²) in [5, 5.41) is 0. The maximum Gasteiger partial charge on any atom is 0.128 e. The molecule has 4 heteroatoms. The van der Waals surface area contributed by atoms with E-state index >= 15 is 0 Å². The van der Waals surface area contributed by atoms with Gasteiger partial charge in [-0.15, -0.1) is 0 Å². The van der Waals surface area contributed by atoms with Crippen LogP contribution >= 0.6 is 0 Å². The van der Waals surface area contributed by atoms with Gasteiger partial charge in [-0.3, -0.25) is 4.90 Å². The standard InChI is InChI=1S/C14H22FN3/c1-4-11-9-18(6-5-17(11)3)14-7-10(2)12(15)8-13(14)16/h7-8,11H,4-6,9,16H2,1-3H3. The molecular formula is C14H22FN3. The lowest BCUT2D eigenvalue weighted by Crippen LogP contribution is -2.51. The minimum atomic E-state index is -0.225. The van der Waals surface area contributed by atoms with Crippen LogP contribution in [0, 0.1) is 12.7 Å². The molecule has 2 rings (SSSR count). The van der Waals surface area contributed by atoms with E-state index in [0.717, 1.165) is 31.7 Å². The summed E-state index contributed by atoms with van der Waals surface area (Å²) in [6, 6.07) is 3.84. The number of nitrogens with zero attached hydrogens (tertiary/aromatic N) is 2. The maximum atomic E-state index is 13.4. The molecule has 3 nitrogen and oxygen atoms in total. The lowest BCUT2D eigenvalue weighted by Gasteiger charge is -2.40. The molecule has 0 aromatic heterocycles. The first-order valence-electron chi connectivity index (χ1n) is 6.53. The highest BCUT2D eigenvalue weighted by Gasteiger charge is 2.24. The van der Waals surface area contributed by atoms with E-state index in [4.69, 9.17) is 5.73 Å². The molecule has 100 valence electrons. The second-order valence-corrected chi connectivity index (χ2v) is 5.15. The number of rotatable bonds is 2. The molecule has 1 aliphatic heterocycles. The summed E-state index contributed by atoms with van der Waals surface area (Å²) < 4.78 is 13.4. The van der Waals surface area contributed by atoms with Crippen molar-refractivity contribution >= 4 is 11.4 Å². The number of anilines is 2. The van der Waals surface area contributed by atoms with E-state index in [9.17, 15) is 4.39 Å². The van der Waals surface area contributed by atoms with Crippen LogP contribution in [0.4, 0.5) is 15.8 Å². The molecule has 1 fully saturated rings. The number of nitrogen functional groups attached to an aromatic ring is 1. The highest BCUT2D eigenvalue weighted by molar-refractivity contribution is 5.69. The van der Waals surface area contributed by atoms with E-state index in [1.807, 2.05) is 6.07 Å². The van der Waals surface area contributed by atoms with Gasteiger partial charge in [0, 0.05) is 25.7 Å². The Morgan fingerprint density at radius 1 is 1.39 bits per heavy atom. The normalized spacial score (nSPS) is 21.3. The summed E-state index contributed by atoms with van der Waals surface area (Å²) >= 11 is 0. The number of piperazine rings is 1. The minimum absolute atomic E-state index is 0.225. The molecule has 0 amide bonds. The molecule has 2 N–H and O–H groups in total. The average Bonchev–Trinajstić information content (AvgIpc) is 2.35. The lowest BCUT2D eigenvalue weighted by molar-refractivity contribution is 0.213. The molecule has 1 unspecified atom stereocenters. The van der Waals surface area contributed by atoms with Gasteiger partial charge in [0.25, 0.3) is 0 Å². The van der Waals surface area contributed by atoms with Crippen LogP contribution in [-0.2, 0) is 0 Å². The number of halogens is 1. The van der Waals surface area contributed by atoms with Crippen LogP contribution in [0.25, 0.3) is 0 Å². The van der Waals surface area contributed by atoms with Gasteiger partial charge in [0.05, 0.1) is 11.4 Å². The van der Waals surface area contributed by atoms with Crippen LogP contribution in [0.15, 0.2) is 12.1 Å². The first-order chi connectivity index (χ1) is 8.52. The zero-order chi connectivity index (χ0) is 13.3. The summed E-state index contributed by atoms with van der Waals surface area (Å²) in [5.41, 5.74) is 8.12. The molecule has 1 aromatic carbocycles. The van der Waals surface area contributed by atoms with Gasteiger partial charge in [0.1, 0.15) is 5.82 Å². The molecule has 0 saturated carbocycles. The number of nitrogens with two attached hydrogens (primary N) is 1. The van der Waals surface area contributed by atoms with Gasteiger partial charge in [-0.25, -0.2) is 4.39 Å². The van der Waals surface area contributed by atoms with E-state index in [1.54, 1.807) is 6.92 Å². The van der Waals surface area contributed by atoms with Crippen LogP contribution in [0.1, 0.15) is 18.9 Å². The third kappa shape index (κ3) is 2.43. The second kappa shape index (κ2) is 5.14. The van der Waals surface area contributed by atoms with E-state index in [1.165, 1.54) is 6.07 Å². The van der Waals surface area contributed by atoms with Gasteiger partial charge in [-0.1, -0.05) is 6.92 Å². The molecule has 1 atom stereocenters. The molecule has 1 heterocycles. The van der Waals surface area contributed by atoms with Crippen LogP contribution in [0.3, 0.4) is 0 Å². The highest BCUT2D eigenvalue weighted by atomic mass is 19.1. The molecule has 18 heavy (non-hydrogen) atoms. The van der Waals surface area contributed by atoms with Crippen molar-refractivity contribution in [3.05, 3.63) is 23.5 Å². The summed E-state index contributed by atoms with van der Waals surface area (Å²) in [7, 11) is 2.16. The fourth-order valence-corrected chi connectivity index (χ4v) is 2.56. The van der Waals surface area contributed by atoms with Crippen molar-refractivity contribution in [2.24, 2.45) is 0 Å². The van der Waals surface area contributed by atoms with E-state index in [2.05, 4.69) is 23.8 Å². The Morgan fingerprint density at radius 2 is 2.11 bits per heavy atom. The Labute approximate surface area is 108 Å². The van der Waals surface area contributed by atoms with Crippen LogP contribution in [0.2, 0.25) is 0 Å². The molecule has 1 aromatic rings. The van der Waals surface area contributed by atoms with Crippen molar-refractivity contribution in [3.8, 4) is 0 Å². The summed E-state index contributed by atoms with van der Waals surface area (Å²) in [4.78, 5) is 4.65. The van der Waals surface area contributed by atoms with Crippen molar-refractivity contribution in [3.63, 3.8) is 0 Å². The molecular weight excluding hydrogens is 229 g/mol. The number of aryl methyl sites for hydroxylation is 1. The third-order valence-electron chi connectivity index (χ3n) is 3.90. The molecule has 0 aliphatic carbocycles. The van der Waals surface area contributed by atoms with Crippen molar-refractivity contribution < 1.29 is 4.39 Å². The third-order valence-corrected chi connectivity index (χ3v) is 3.90. The average molecular weight is 251 g/mol. The summed E-state index contributed by atoms with van der Waals surface area (Å²) in [5.74, 6) is -0.225. The Hall–Kier alpha value is -1.29. The number of hydrogen-bond donors (Lipinski definition) is 1. The molecule has 0 bridgehead atoms. The summed E-state index contributed by atoms with van der Waals surface area (Å²) in [6.07, 6.45) is 1.12. The van der Waals surface area contributed by atoms with E-state index in [0.29, 0.717) is 17.3 Å². The predicted molar refractivity (Wildman–Crippen MR) is 74.5 cm³/mol. The lowest BCUT2D eigenvalue weighted by atomic mass is 10.1. The van der Waals surface area contributed by atoms with Crippen molar-refractivity contribution in [2.75, 3.05) is 37.3 Å². The number of hydrogen-bond acceptors (Lipinski definition) is 3. The quantitative estimate of drug-likeness (QED) is 0.818. The smallest absolute Gasteiger partial charge is 0.128 e. The Bertz CT molecular complexity index is 433. The van der Waals surface area contributed by atoms with Gasteiger partial charge >= 0.3 is 0 Å². The monoisotopic (exact) mass is 251 g/mol. The largest absolute Gasteiger partial charge is 0.397 e. The van der Waals surface area contributed by atoms with Crippen LogP contribution in [-0.4, -0.2) is 37.6 Å². The Balaban J connectivity index is 2.24. The van der Waals surface area contributed by atoms with Crippen molar-refractivity contribution in [2.45, 2.75) is 26.3 Å². The molecule has 1 saturated heterocycles. The molecule has 0 radical (unpaired) electrons. The van der Waals surface area contributed by atoms with Crippen molar-refractivity contribution in [1.82, 2.24) is 4.90 Å². The van der Waals surface area contributed by atoms with Gasteiger partial charge in [0.2, 0.25) is 0 Å². The molecule has 1 aliphatic rings. The van der Waals surface area contributed by atoms with Crippen LogP contribution in [0.5, 0.6) is 0 Å². The highest BCUT2D eigenvalue weighted by Crippen LogP contribution is 2.28. The first kappa shape index (κ1) is 13.1. The van der Waals surface area contributed by atoms with E-state index < -0.39 is 0 Å². The first-order valence-corrected chi connectivity index (χ1v) is 6.53. The Morgan fingerprint density at radius 3 is 2.78 bits per heavy atom. The SMILES string of the molecule is CCC1CN(c2cc(C)c(F)cc2N)CCN1C. The second-order valence-electron chi connectivity index (χ2n) is 5.15. The zero-order valence-corrected chi connectivity index (χ0v) is 11.4. The van der Waals surface area contributed by atoms with Crippen molar-refractivity contribution in [1.29, 1.82) is 0 Å². The van der Waals surface area contributed by atoms with Gasteiger partial charge in [0.15, 0.2) is 0 Å². The summed E-state index contributed by atoms with van der Waals surface area (Å²) in [6.45, 7) is 6.91. The zero-order valence-electron chi connectivity index (χ0n) is 11.4. The number of benzene rings is 1. The molecule has 0 spiro atoms. The Kier molecular flexibility index (Phi) is 3.76.